The largest absolute Gasteiger partial charge is 0.481 e. The Bertz CT molecular complexity index is 458. The van der Waals surface area contributed by atoms with Crippen LogP contribution in [0.3, 0.4) is 0 Å². The Morgan fingerprint density at radius 1 is 1.26 bits per heavy atom. The van der Waals surface area contributed by atoms with Gasteiger partial charge in [0.25, 0.3) is 0 Å². The summed E-state index contributed by atoms with van der Waals surface area (Å²) in [6.45, 7) is 0.495. The fourth-order valence-corrected chi connectivity index (χ4v) is 3.49. The predicted molar refractivity (Wildman–Crippen MR) is 73.9 cm³/mol. The number of methoxy groups -OCH3 is 1. The topological polar surface area (TPSA) is 70.1 Å². The zero-order chi connectivity index (χ0) is 17.2. The highest BCUT2D eigenvalue weighted by atomic mass is 19.4. The summed E-state index contributed by atoms with van der Waals surface area (Å²) < 4.78 is 43.8. The number of amides is 1. The Labute approximate surface area is 132 Å². The van der Waals surface area contributed by atoms with Crippen LogP contribution in [0.15, 0.2) is 0 Å². The molecule has 6 nitrogen and oxygen atoms in total. The monoisotopic (exact) mass is 338 g/mol. The summed E-state index contributed by atoms with van der Waals surface area (Å²) in [6, 6.07) is -2.10. The number of nitrogens with zero attached hydrogens (tertiary/aromatic N) is 2. The maximum atomic E-state index is 13.1. The molecule has 0 aliphatic carbocycles. The van der Waals surface area contributed by atoms with Gasteiger partial charge in [-0.25, -0.2) is 4.79 Å². The van der Waals surface area contributed by atoms with Crippen LogP contribution in [0.25, 0.3) is 0 Å². The van der Waals surface area contributed by atoms with Crippen LogP contribution in [0.4, 0.5) is 18.0 Å². The first kappa shape index (κ1) is 17.8. The number of likely N-dealkylation sites (tertiary alicyclic amines) is 2. The second-order valence-electron chi connectivity index (χ2n) is 6.07. The number of ether oxygens (including phenoxy) is 1. The summed E-state index contributed by atoms with van der Waals surface area (Å²) in [7, 11) is 1.21. The molecule has 0 spiro atoms. The average Bonchev–Trinajstić information content (AvgIpc) is 2.94. The van der Waals surface area contributed by atoms with Gasteiger partial charge < -0.3 is 14.7 Å². The maximum Gasteiger partial charge on any atom is 0.409 e. The molecular weight excluding hydrogens is 317 g/mol. The zero-order valence-electron chi connectivity index (χ0n) is 12.9. The molecular formula is C14H21F3N2O4. The van der Waals surface area contributed by atoms with Gasteiger partial charge in [-0.2, -0.15) is 13.2 Å². The quantitative estimate of drug-likeness (QED) is 0.852. The molecule has 0 saturated carbocycles. The summed E-state index contributed by atoms with van der Waals surface area (Å²) in [5.41, 5.74) is 0. The SMILES string of the molecule is COC(=O)N1CC[C@H](C(=O)O)C[C@H]1CN1CCC[C@@H]1C(F)(F)F. The van der Waals surface area contributed by atoms with E-state index in [1.54, 1.807) is 0 Å². The van der Waals surface area contributed by atoms with Gasteiger partial charge in [-0.1, -0.05) is 0 Å². The Balaban J connectivity index is 2.11. The Hall–Kier alpha value is -1.51. The van der Waals surface area contributed by atoms with Crippen molar-refractivity contribution in [2.45, 2.75) is 43.9 Å². The van der Waals surface area contributed by atoms with E-state index >= 15 is 0 Å². The summed E-state index contributed by atoms with van der Waals surface area (Å²) in [6.07, 6.45) is -4.03. The Kier molecular flexibility index (Phi) is 5.38. The highest BCUT2D eigenvalue weighted by molar-refractivity contribution is 5.72. The van der Waals surface area contributed by atoms with Crippen LogP contribution in [0.5, 0.6) is 0 Å². The van der Waals surface area contributed by atoms with Crippen molar-refractivity contribution in [1.29, 1.82) is 0 Å². The molecule has 0 aromatic heterocycles. The highest BCUT2D eigenvalue weighted by Crippen LogP contribution is 2.34. The van der Waals surface area contributed by atoms with Gasteiger partial charge in [0.15, 0.2) is 0 Å². The molecule has 23 heavy (non-hydrogen) atoms. The van der Waals surface area contributed by atoms with Crippen molar-refractivity contribution >= 4 is 12.1 Å². The van der Waals surface area contributed by atoms with Crippen LogP contribution >= 0.6 is 0 Å². The Morgan fingerprint density at radius 3 is 2.52 bits per heavy atom. The lowest BCUT2D eigenvalue weighted by Gasteiger charge is -2.40. The third-order valence-electron chi connectivity index (χ3n) is 4.66. The van der Waals surface area contributed by atoms with E-state index in [0.717, 1.165) is 0 Å². The van der Waals surface area contributed by atoms with Gasteiger partial charge in [-0.3, -0.25) is 9.69 Å². The van der Waals surface area contributed by atoms with Crippen molar-refractivity contribution in [1.82, 2.24) is 9.80 Å². The number of aliphatic carboxylic acids is 1. The van der Waals surface area contributed by atoms with Gasteiger partial charge in [0, 0.05) is 19.1 Å². The van der Waals surface area contributed by atoms with E-state index in [-0.39, 0.29) is 32.4 Å². The van der Waals surface area contributed by atoms with E-state index in [1.165, 1.54) is 16.9 Å². The van der Waals surface area contributed by atoms with E-state index < -0.39 is 36.2 Å². The van der Waals surface area contributed by atoms with Crippen molar-refractivity contribution in [3.63, 3.8) is 0 Å². The number of carboxylic acid groups (broad SMARTS) is 1. The summed E-state index contributed by atoms with van der Waals surface area (Å²) in [5.74, 6) is -1.62. The smallest absolute Gasteiger partial charge is 0.409 e. The minimum Gasteiger partial charge on any atom is -0.481 e. The number of hydrogen-bond acceptors (Lipinski definition) is 4. The van der Waals surface area contributed by atoms with Crippen molar-refractivity contribution < 1.29 is 32.6 Å². The van der Waals surface area contributed by atoms with E-state index in [2.05, 4.69) is 4.74 Å². The molecule has 9 heteroatoms. The fraction of sp³-hybridized carbons (Fsp3) is 0.857. The number of hydrogen-bond donors (Lipinski definition) is 1. The van der Waals surface area contributed by atoms with Crippen molar-refractivity contribution in [3.8, 4) is 0 Å². The van der Waals surface area contributed by atoms with Crippen molar-refractivity contribution in [3.05, 3.63) is 0 Å². The molecule has 0 aromatic carbocycles. The molecule has 0 unspecified atom stereocenters. The molecule has 3 atom stereocenters. The standard InChI is InChI=1S/C14H21F3N2O4/c1-23-13(22)19-6-4-9(12(20)21)7-10(19)8-18-5-2-3-11(18)14(15,16)17/h9-11H,2-8H2,1H3,(H,20,21)/t9-,10-,11+/m0/s1. The third kappa shape index (κ3) is 4.07. The Morgan fingerprint density at radius 2 is 1.96 bits per heavy atom. The number of carboxylic acids is 1. The predicted octanol–water partition coefficient (Wildman–Crippen LogP) is 1.94. The number of carbonyl (C=O) groups is 2. The van der Waals surface area contributed by atoms with Crippen molar-refractivity contribution in [2.24, 2.45) is 5.92 Å². The molecule has 1 N–H and O–H groups in total. The molecule has 0 aromatic rings. The minimum absolute atomic E-state index is 0.0169. The van der Waals surface area contributed by atoms with Crippen LogP contribution in [0, 0.1) is 5.92 Å². The number of piperidine rings is 1. The van der Waals surface area contributed by atoms with Crippen LogP contribution in [-0.2, 0) is 9.53 Å². The zero-order valence-corrected chi connectivity index (χ0v) is 12.9. The summed E-state index contributed by atoms with van der Waals surface area (Å²) in [5, 5.41) is 9.15. The molecule has 2 aliphatic heterocycles. The number of rotatable bonds is 3. The van der Waals surface area contributed by atoms with Gasteiger partial charge in [0.1, 0.15) is 6.04 Å². The van der Waals surface area contributed by atoms with Gasteiger partial charge in [-0.15, -0.1) is 0 Å². The summed E-state index contributed by atoms with van der Waals surface area (Å²) >= 11 is 0. The molecule has 2 aliphatic rings. The number of halogens is 3. The molecule has 2 saturated heterocycles. The van der Waals surface area contributed by atoms with Gasteiger partial charge in [-0.05, 0) is 32.2 Å². The fourth-order valence-electron chi connectivity index (χ4n) is 3.49. The van der Waals surface area contributed by atoms with Crippen LogP contribution in [0.1, 0.15) is 25.7 Å². The van der Waals surface area contributed by atoms with Crippen LogP contribution in [-0.4, -0.2) is 72.0 Å². The first-order valence-electron chi connectivity index (χ1n) is 7.62. The molecule has 132 valence electrons. The normalized spacial score (nSPS) is 29.6. The lowest BCUT2D eigenvalue weighted by Crippen LogP contribution is -2.54. The van der Waals surface area contributed by atoms with E-state index in [1.807, 2.05) is 0 Å². The third-order valence-corrected chi connectivity index (χ3v) is 4.66. The van der Waals surface area contributed by atoms with Gasteiger partial charge in [0.05, 0.1) is 13.0 Å². The first-order valence-corrected chi connectivity index (χ1v) is 7.62. The summed E-state index contributed by atoms with van der Waals surface area (Å²) in [4.78, 5) is 25.7. The lowest BCUT2D eigenvalue weighted by atomic mass is 9.90. The van der Waals surface area contributed by atoms with Gasteiger partial charge in [0.2, 0.25) is 0 Å². The lowest BCUT2D eigenvalue weighted by molar-refractivity contribution is -0.178. The number of carbonyl (C=O) groups excluding carboxylic acids is 1. The minimum atomic E-state index is -4.31. The second-order valence-corrected chi connectivity index (χ2v) is 6.07. The molecule has 1 amide bonds. The molecule has 2 rings (SSSR count). The van der Waals surface area contributed by atoms with Crippen molar-refractivity contribution in [2.75, 3.05) is 26.7 Å². The van der Waals surface area contributed by atoms with E-state index in [0.29, 0.717) is 13.0 Å². The van der Waals surface area contributed by atoms with Crippen LogP contribution < -0.4 is 0 Å². The average molecular weight is 338 g/mol. The molecule has 0 radical (unpaired) electrons. The maximum absolute atomic E-state index is 13.1. The van der Waals surface area contributed by atoms with Crippen LogP contribution in [0.2, 0.25) is 0 Å². The van der Waals surface area contributed by atoms with Gasteiger partial charge >= 0.3 is 18.2 Å². The van der Waals surface area contributed by atoms with E-state index in [9.17, 15) is 22.8 Å². The number of alkyl halides is 3. The first-order chi connectivity index (χ1) is 10.7. The molecule has 2 fully saturated rings. The highest BCUT2D eigenvalue weighted by Gasteiger charge is 2.47. The molecule has 2 heterocycles. The molecule has 0 bridgehead atoms. The van der Waals surface area contributed by atoms with E-state index in [4.69, 9.17) is 5.11 Å². The second kappa shape index (κ2) is 6.94.